The Morgan fingerprint density at radius 1 is 1.19 bits per heavy atom. The average Bonchev–Trinajstić information content (AvgIpc) is 2.30. The molecular formula is C14H21NO. The number of benzene rings is 1. The van der Waals surface area contributed by atoms with E-state index in [2.05, 4.69) is 18.9 Å². The summed E-state index contributed by atoms with van der Waals surface area (Å²) in [5.74, 6) is 0. The predicted molar refractivity (Wildman–Crippen MR) is 67.7 cm³/mol. The molecule has 1 rings (SSSR count). The molecule has 0 aliphatic carbocycles. The first-order valence-electron chi connectivity index (χ1n) is 5.99. The highest BCUT2D eigenvalue weighted by Crippen LogP contribution is 2.06. The number of hydrogen-bond acceptors (Lipinski definition) is 2. The molecule has 0 fully saturated rings. The smallest absolute Gasteiger partial charge is 0.150 e. The van der Waals surface area contributed by atoms with Gasteiger partial charge in [0.15, 0.2) is 0 Å². The number of hydrogen-bond donors (Lipinski definition) is 0. The molecule has 0 amide bonds. The van der Waals surface area contributed by atoms with Crippen LogP contribution in [-0.2, 0) is 6.54 Å². The van der Waals surface area contributed by atoms with Gasteiger partial charge in [-0.15, -0.1) is 0 Å². The highest BCUT2D eigenvalue weighted by molar-refractivity contribution is 5.74. The van der Waals surface area contributed by atoms with Gasteiger partial charge in [-0.3, -0.25) is 4.79 Å². The quantitative estimate of drug-likeness (QED) is 0.519. The number of rotatable bonds is 7. The van der Waals surface area contributed by atoms with Crippen LogP contribution in [-0.4, -0.2) is 24.8 Å². The minimum absolute atomic E-state index is 0.748. The third-order valence-electron chi connectivity index (χ3n) is 2.71. The molecular weight excluding hydrogens is 198 g/mol. The molecule has 0 saturated heterocycles. The molecule has 0 spiro atoms. The van der Waals surface area contributed by atoms with Gasteiger partial charge in [-0.1, -0.05) is 44.0 Å². The van der Waals surface area contributed by atoms with E-state index in [1.807, 2.05) is 24.3 Å². The molecule has 0 unspecified atom stereocenters. The van der Waals surface area contributed by atoms with Crippen molar-refractivity contribution in [3.8, 4) is 0 Å². The summed E-state index contributed by atoms with van der Waals surface area (Å²) in [6.45, 7) is 4.32. The van der Waals surface area contributed by atoms with Crippen LogP contribution >= 0.6 is 0 Å². The molecule has 0 N–H and O–H groups in total. The van der Waals surface area contributed by atoms with E-state index in [1.165, 1.54) is 24.8 Å². The Labute approximate surface area is 98.3 Å². The molecule has 88 valence electrons. The van der Waals surface area contributed by atoms with Gasteiger partial charge >= 0.3 is 0 Å². The zero-order valence-electron chi connectivity index (χ0n) is 10.3. The van der Waals surface area contributed by atoms with Gasteiger partial charge in [0.05, 0.1) is 0 Å². The Balaban J connectivity index is 2.37. The van der Waals surface area contributed by atoms with Gasteiger partial charge in [0.25, 0.3) is 0 Å². The minimum Gasteiger partial charge on any atom is -0.302 e. The van der Waals surface area contributed by atoms with E-state index < -0.39 is 0 Å². The van der Waals surface area contributed by atoms with Crippen molar-refractivity contribution in [1.82, 2.24) is 4.90 Å². The van der Waals surface area contributed by atoms with Crippen molar-refractivity contribution >= 4 is 6.29 Å². The summed E-state index contributed by atoms with van der Waals surface area (Å²) < 4.78 is 0. The third-order valence-corrected chi connectivity index (χ3v) is 2.71. The molecule has 16 heavy (non-hydrogen) atoms. The van der Waals surface area contributed by atoms with Crippen molar-refractivity contribution in [3.05, 3.63) is 35.4 Å². The Hall–Kier alpha value is -1.15. The second kappa shape index (κ2) is 7.18. The molecule has 0 saturated carbocycles. The van der Waals surface area contributed by atoms with Crippen LogP contribution in [0.5, 0.6) is 0 Å². The topological polar surface area (TPSA) is 20.3 Å². The van der Waals surface area contributed by atoms with Crippen molar-refractivity contribution in [2.75, 3.05) is 13.6 Å². The molecule has 1 aromatic rings. The van der Waals surface area contributed by atoms with E-state index in [0.29, 0.717) is 0 Å². The fourth-order valence-electron chi connectivity index (χ4n) is 1.72. The van der Waals surface area contributed by atoms with Gasteiger partial charge in [-0.25, -0.2) is 0 Å². The first-order valence-corrected chi connectivity index (χ1v) is 5.99. The van der Waals surface area contributed by atoms with Crippen LogP contribution in [0.25, 0.3) is 0 Å². The van der Waals surface area contributed by atoms with E-state index in [4.69, 9.17) is 0 Å². The fraction of sp³-hybridized carbons (Fsp3) is 0.500. The maximum absolute atomic E-state index is 10.5. The minimum atomic E-state index is 0.748. The van der Waals surface area contributed by atoms with Crippen molar-refractivity contribution in [2.45, 2.75) is 32.7 Å². The predicted octanol–water partition coefficient (Wildman–Crippen LogP) is 3.12. The van der Waals surface area contributed by atoms with Crippen molar-refractivity contribution in [1.29, 1.82) is 0 Å². The number of aldehydes is 1. The Morgan fingerprint density at radius 2 is 1.88 bits per heavy atom. The van der Waals surface area contributed by atoms with Crippen LogP contribution in [0.4, 0.5) is 0 Å². The summed E-state index contributed by atoms with van der Waals surface area (Å²) in [4.78, 5) is 12.8. The molecule has 0 aromatic heterocycles. The van der Waals surface area contributed by atoms with E-state index >= 15 is 0 Å². The van der Waals surface area contributed by atoms with E-state index in [0.717, 1.165) is 24.9 Å². The highest BCUT2D eigenvalue weighted by atomic mass is 16.1. The normalized spacial score (nSPS) is 10.7. The third kappa shape index (κ3) is 4.58. The van der Waals surface area contributed by atoms with Gasteiger partial charge in [-0.2, -0.15) is 0 Å². The molecule has 2 heteroatoms. The van der Waals surface area contributed by atoms with Crippen LogP contribution in [0.3, 0.4) is 0 Å². The van der Waals surface area contributed by atoms with E-state index in [-0.39, 0.29) is 0 Å². The van der Waals surface area contributed by atoms with Crippen molar-refractivity contribution in [3.63, 3.8) is 0 Å². The molecule has 0 atom stereocenters. The van der Waals surface area contributed by atoms with Gasteiger partial charge in [0.2, 0.25) is 0 Å². The second-order valence-electron chi connectivity index (χ2n) is 4.30. The summed E-state index contributed by atoms with van der Waals surface area (Å²) in [7, 11) is 2.14. The molecule has 0 aliphatic heterocycles. The standard InChI is InChI=1S/C14H21NO/c1-3-4-5-10-15(2)11-13-6-8-14(12-16)9-7-13/h6-9,12H,3-5,10-11H2,1-2H3. The molecule has 2 nitrogen and oxygen atoms in total. The van der Waals surface area contributed by atoms with E-state index in [9.17, 15) is 4.79 Å². The molecule has 0 aliphatic rings. The SMILES string of the molecule is CCCCCN(C)Cc1ccc(C=O)cc1. The Bertz CT molecular complexity index is 305. The highest BCUT2D eigenvalue weighted by Gasteiger charge is 2.00. The van der Waals surface area contributed by atoms with Crippen molar-refractivity contribution in [2.24, 2.45) is 0 Å². The molecule has 0 heterocycles. The Kier molecular flexibility index (Phi) is 5.79. The van der Waals surface area contributed by atoms with Crippen LogP contribution in [0, 0.1) is 0 Å². The summed E-state index contributed by atoms with van der Waals surface area (Å²) in [6.07, 6.45) is 4.71. The van der Waals surface area contributed by atoms with Gasteiger partial charge in [0.1, 0.15) is 6.29 Å². The van der Waals surface area contributed by atoms with E-state index in [1.54, 1.807) is 0 Å². The van der Waals surface area contributed by atoms with Gasteiger partial charge in [-0.05, 0) is 25.6 Å². The lowest BCUT2D eigenvalue weighted by Crippen LogP contribution is -2.18. The Morgan fingerprint density at radius 3 is 2.44 bits per heavy atom. The maximum Gasteiger partial charge on any atom is 0.150 e. The number of unbranched alkanes of at least 4 members (excludes halogenated alkanes) is 2. The maximum atomic E-state index is 10.5. The van der Waals surface area contributed by atoms with Crippen LogP contribution in [0.15, 0.2) is 24.3 Å². The van der Waals surface area contributed by atoms with Gasteiger partial charge < -0.3 is 4.90 Å². The summed E-state index contributed by atoms with van der Waals surface area (Å²) in [5, 5.41) is 0. The summed E-state index contributed by atoms with van der Waals surface area (Å²) in [6, 6.07) is 7.81. The number of carbonyl (C=O) groups excluding carboxylic acids is 1. The first kappa shape index (κ1) is 12.9. The zero-order valence-corrected chi connectivity index (χ0v) is 10.3. The van der Waals surface area contributed by atoms with Crippen molar-refractivity contribution < 1.29 is 4.79 Å². The molecule has 0 radical (unpaired) electrons. The van der Waals surface area contributed by atoms with Crippen LogP contribution in [0.2, 0.25) is 0 Å². The number of carbonyl (C=O) groups is 1. The van der Waals surface area contributed by atoms with Crippen LogP contribution in [0.1, 0.15) is 42.1 Å². The second-order valence-corrected chi connectivity index (χ2v) is 4.30. The lowest BCUT2D eigenvalue weighted by molar-refractivity contribution is 0.112. The number of nitrogens with zero attached hydrogens (tertiary/aromatic N) is 1. The lowest BCUT2D eigenvalue weighted by Gasteiger charge is -2.16. The summed E-state index contributed by atoms with van der Waals surface area (Å²) >= 11 is 0. The largest absolute Gasteiger partial charge is 0.302 e. The van der Waals surface area contributed by atoms with Crippen LogP contribution < -0.4 is 0 Å². The average molecular weight is 219 g/mol. The zero-order chi connectivity index (χ0) is 11.8. The fourth-order valence-corrected chi connectivity index (χ4v) is 1.72. The first-order chi connectivity index (χ1) is 7.76. The van der Waals surface area contributed by atoms with Gasteiger partial charge in [0, 0.05) is 12.1 Å². The lowest BCUT2D eigenvalue weighted by atomic mass is 10.1. The molecule has 1 aromatic carbocycles. The monoisotopic (exact) mass is 219 g/mol. The summed E-state index contributed by atoms with van der Waals surface area (Å²) in [5.41, 5.74) is 2.02. The molecule has 0 bridgehead atoms.